The van der Waals surface area contributed by atoms with Gasteiger partial charge in [0.2, 0.25) is 5.91 Å². The molecule has 1 aliphatic heterocycles. The number of ether oxygens (including phenoxy) is 1. The van der Waals surface area contributed by atoms with Crippen molar-refractivity contribution in [2.75, 3.05) is 25.0 Å². The molecule has 18 heavy (non-hydrogen) atoms. The Hall–Kier alpha value is -0.430. The van der Waals surface area contributed by atoms with Crippen molar-refractivity contribution in [1.29, 1.82) is 0 Å². The van der Waals surface area contributed by atoms with Gasteiger partial charge < -0.3 is 15.4 Å². The first kappa shape index (κ1) is 14.0. The van der Waals surface area contributed by atoms with Crippen molar-refractivity contribution in [1.82, 2.24) is 5.32 Å². The molecule has 1 saturated heterocycles. The Bertz CT molecular complexity index is 461. The number of anilines is 1. The third-order valence-electron chi connectivity index (χ3n) is 2.75. The lowest BCUT2D eigenvalue weighted by molar-refractivity contribution is -0.130. The van der Waals surface area contributed by atoms with E-state index in [4.69, 9.17) is 4.74 Å². The number of halogens is 2. The van der Waals surface area contributed by atoms with Gasteiger partial charge in [0.1, 0.15) is 6.61 Å². The van der Waals surface area contributed by atoms with Crippen LogP contribution in [0.4, 0.5) is 5.69 Å². The molecule has 0 aromatic heterocycles. The molecule has 0 aliphatic carbocycles. The maximum Gasteiger partial charge on any atom is 0.250 e. The van der Waals surface area contributed by atoms with E-state index in [1.807, 2.05) is 25.1 Å². The van der Waals surface area contributed by atoms with Crippen LogP contribution in [0.25, 0.3) is 0 Å². The van der Waals surface area contributed by atoms with E-state index in [9.17, 15) is 4.79 Å². The van der Waals surface area contributed by atoms with Crippen molar-refractivity contribution < 1.29 is 9.53 Å². The van der Waals surface area contributed by atoms with Gasteiger partial charge in [0.15, 0.2) is 0 Å². The molecule has 2 N–H and O–H groups in total. The zero-order valence-electron chi connectivity index (χ0n) is 9.93. The second kappa shape index (κ2) is 5.69. The summed E-state index contributed by atoms with van der Waals surface area (Å²) in [6.45, 7) is 3.65. The minimum atomic E-state index is -0.200. The average molecular weight is 378 g/mol. The van der Waals surface area contributed by atoms with E-state index in [2.05, 4.69) is 42.5 Å². The molecule has 0 radical (unpaired) electrons. The topological polar surface area (TPSA) is 50.4 Å². The molecule has 6 heteroatoms. The zero-order valence-corrected chi connectivity index (χ0v) is 13.1. The Balaban J connectivity index is 1.87. The van der Waals surface area contributed by atoms with Gasteiger partial charge in [0, 0.05) is 22.0 Å². The molecular weight excluding hydrogens is 364 g/mol. The lowest BCUT2D eigenvalue weighted by Crippen LogP contribution is -2.59. The highest BCUT2D eigenvalue weighted by Gasteiger charge is 2.33. The SMILES string of the molecule is CC1(OCC(=O)Nc2ccc(Br)cc2Br)CNC1. The third kappa shape index (κ3) is 3.54. The van der Waals surface area contributed by atoms with Gasteiger partial charge in [-0.25, -0.2) is 0 Å². The van der Waals surface area contributed by atoms with Crippen LogP contribution in [-0.4, -0.2) is 31.2 Å². The molecule has 1 amide bonds. The summed E-state index contributed by atoms with van der Waals surface area (Å²) < 4.78 is 7.35. The Kier molecular flexibility index (Phi) is 4.42. The summed E-state index contributed by atoms with van der Waals surface area (Å²) in [5.74, 6) is -0.147. The molecule has 0 atom stereocenters. The zero-order chi connectivity index (χ0) is 13.2. The molecule has 1 aromatic rings. The molecule has 0 unspecified atom stereocenters. The lowest BCUT2D eigenvalue weighted by atomic mass is 10.0. The maximum atomic E-state index is 11.7. The highest BCUT2D eigenvalue weighted by atomic mass is 79.9. The smallest absolute Gasteiger partial charge is 0.250 e. The van der Waals surface area contributed by atoms with Gasteiger partial charge in [-0.05, 0) is 41.1 Å². The quantitative estimate of drug-likeness (QED) is 0.847. The summed E-state index contributed by atoms with van der Waals surface area (Å²) in [6.07, 6.45) is 0. The summed E-state index contributed by atoms with van der Waals surface area (Å²) in [4.78, 5) is 11.7. The number of nitrogens with one attached hydrogen (secondary N) is 2. The van der Waals surface area contributed by atoms with Gasteiger partial charge in [0.25, 0.3) is 0 Å². The maximum absolute atomic E-state index is 11.7. The van der Waals surface area contributed by atoms with Gasteiger partial charge >= 0.3 is 0 Å². The van der Waals surface area contributed by atoms with Crippen LogP contribution in [0.2, 0.25) is 0 Å². The molecule has 0 bridgehead atoms. The second-order valence-corrected chi connectivity index (χ2v) is 6.28. The Morgan fingerprint density at radius 3 is 2.78 bits per heavy atom. The molecule has 1 aromatic carbocycles. The highest BCUT2D eigenvalue weighted by molar-refractivity contribution is 9.11. The molecule has 0 saturated carbocycles. The summed E-state index contributed by atoms with van der Waals surface area (Å²) in [6, 6.07) is 5.59. The van der Waals surface area contributed by atoms with E-state index in [-0.39, 0.29) is 18.1 Å². The van der Waals surface area contributed by atoms with Crippen LogP contribution in [0.1, 0.15) is 6.92 Å². The molecule has 1 heterocycles. The van der Waals surface area contributed by atoms with E-state index in [0.29, 0.717) is 0 Å². The number of hydrogen-bond acceptors (Lipinski definition) is 3. The molecule has 2 rings (SSSR count). The van der Waals surface area contributed by atoms with Crippen molar-refractivity contribution >= 4 is 43.5 Å². The van der Waals surface area contributed by atoms with Gasteiger partial charge in [-0.15, -0.1) is 0 Å². The van der Waals surface area contributed by atoms with Crippen molar-refractivity contribution in [3.63, 3.8) is 0 Å². The van der Waals surface area contributed by atoms with Gasteiger partial charge in [-0.3, -0.25) is 4.79 Å². The number of amides is 1. The first-order chi connectivity index (χ1) is 8.48. The van der Waals surface area contributed by atoms with Crippen LogP contribution in [-0.2, 0) is 9.53 Å². The van der Waals surface area contributed by atoms with Crippen molar-refractivity contribution in [2.24, 2.45) is 0 Å². The molecular formula is C12H14Br2N2O2. The summed E-state index contributed by atoms with van der Waals surface area (Å²) in [5, 5.41) is 5.93. The predicted octanol–water partition coefficient (Wildman–Crippen LogP) is 2.53. The van der Waals surface area contributed by atoms with Gasteiger partial charge in [-0.1, -0.05) is 15.9 Å². The summed E-state index contributed by atoms with van der Waals surface area (Å²) in [5.41, 5.74) is 0.539. The number of carbonyl (C=O) groups excluding carboxylic acids is 1. The molecule has 1 aliphatic rings. The predicted molar refractivity (Wildman–Crippen MR) is 77.7 cm³/mol. The van der Waals surface area contributed by atoms with Crippen molar-refractivity contribution in [2.45, 2.75) is 12.5 Å². The van der Waals surface area contributed by atoms with Crippen LogP contribution >= 0.6 is 31.9 Å². The number of carbonyl (C=O) groups is 1. The Labute approximate surface area is 123 Å². The van der Waals surface area contributed by atoms with Crippen molar-refractivity contribution in [3.8, 4) is 0 Å². The van der Waals surface area contributed by atoms with Gasteiger partial charge in [0.05, 0.1) is 11.3 Å². The minimum absolute atomic E-state index is 0.0701. The average Bonchev–Trinajstić information content (AvgIpc) is 2.28. The second-order valence-electron chi connectivity index (χ2n) is 4.51. The largest absolute Gasteiger partial charge is 0.363 e. The number of benzene rings is 1. The van der Waals surface area contributed by atoms with Crippen LogP contribution in [0.15, 0.2) is 27.1 Å². The summed E-state index contributed by atoms with van der Waals surface area (Å²) in [7, 11) is 0. The molecule has 0 spiro atoms. The molecule has 98 valence electrons. The first-order valence-corrected chi connectivity index (χ1v) is 7.17. The number of hydrogen-bond donors (Lipinski definition) is 2. The fourth-order valence-corrected chi connectivity index (χ4v) is 2.74. The number of rotatable bonds is 4. The van der Waals surface area contributed by atoms with Crippen molar-refractivity contribution in [3.05, 3.63) is 27.1 Å². The first-order valence-electron chi connectivity index (χ1n) is 5.58. The monoisotopic (exact) mass is 376 g/mol. The van der Waals surface area contributed by atoms with Gasteiger partial charge in [-0.2, -0.15) is 0 Å². The third-order valence-corrected chi connectivity index (χ3v) is 3.90. The van der Waals surface area contributed by atoms with E-state index < -0.39 is 0 Å². The molecule has 1 fully saturated rings. The Morgan fingerprint density at radius 2 is 2.22 bits per heavy atom. The van der Waals surface area contributed by atoms with Crippen LogP contribution < -0.4 is 10.6 Å². The van der Waals surface area contributed by atoms with Crippen LogP contribution in [0, 0.1) is 0 Å². The molecule has 4 nitrogen and oxygen atoms in total. The fraction of sp³-hybridized carbons (Fsp3) is 0.417. The van der Waals surface area contributed by atoms with E-state index in [1.165, 1.54) is 0 Å². The highest BCUT2D eigenvalue weighted by Crippen LogP contribution is 2.26. The minimum Gasteiger partial charge on any atom is -0.363 e. The fourth-order valence-electron chi connectivity index (χ4n) is 1.60. The van der Waals surface area contributed by atoms with Crippen LogP contribution in [0.5, 0.6) is 0 Å². The standard InChI is InChI=1S/C12H14Br2N2O2/c1-12(6-15-7-12)18-5-11(17)16-10-3-2-8(13)4-9(10)14/h2-4,15H,5-7H2,1H3,(H,16,17). The lowest BCUT2D eigenvalue weighted by Gasteiger charge is -2.38. The van der Waals surface area contributed by atoms with E-state index >= 15 is 0 Å². The normalized spacial score (nSPS) is 17.1. The Morgan fingerprint density at radius 1 is 1.50 bits per heavy atom. The van der Waals surface area contributed by atoms with Crippen LogP contribution in [0.3, 0.4) is 0 Å². The van der Waals surface area contributed by atoms with E-state index in [0.717, 1.165) is 27.7 Å². The van der Waals surface area contributed by atoms with E-state index in [1.54, 1.807) is 0 Å². The summed E-state index contributed by atoms with van der Waals surface area (Å²) >= 11 is 6.76.